The van der Waals surface area contributed by atoms with Gasteiger partial charge < -0.3 is 15.7 Å². The molecule has 0 aliphatic carbocycles. The van der Waals surface area contributed by atoms with E-state index in [4.69, 9.17) is 10.8 Å². The second-order valence-corrected chi connectivity index (χ2v) is 3.81. The molecule has 0 saturated carbocycles. The molecule has 0 amide bonds. The number of hydrogen-bond acceptors (Lipinski definition) is 3. The zero-order valence-corrected chi connectivity index (χ0v) is 9.37. The summed E-state index contributed by atoms with van der Waals surface area (Å²) < 4.78 is 26.7. The van der Waals surface area contributed by atoms with Gasteiger partial charge in [-0.25, -0.2) is 8.78 Å². The minimum Gasteiger partial charge on any atom is -0.396 e. The van der Waals surface area contributed by atoms with Crippen LogP contribution in [0.4, 0.5) is 14.5 Å². The van der Waals surface area contributed by atoms with Gasteiger partial charge in [-0.3, -0.25) is 0 Å². The molecule has 0 bridgehead atoms. The van der Waals surface area contributed by atoms with Crippen molar-refractivity contribution in [3.05, 3.63) is 29.3 Å². The average molecular weight is 230 g/mol. The van der Waals surface area contributed by atoms with Crippen LogP contribution in [0.1, 0.15) is 11.5 Å². The fraction of sp³-hybridized carbons (Fsp3) is 0.455. The van der Waals surface area contributed by atoms with Crippen molar-refractivity contribution in [2.24, 2.45) is 5.73 Å². The van der Waals surface area contributed by atoms with E-state index in [0.29, 0.717) is 5.56 Å². The van der Waals surface area contributed by atoms with Crippen LogP contribution in [0, 0.1) is 11.6 Å². The summed E-state index contributed by atoms with van der Waals surface area (Å²) >= 11 is 0. The summed E-state index contributed by atoms with van der Waals surface area (Å²) in [4.78, 5) is 1.48. The Balaban J connectivity index is 3.33. The molecule has 1 aromatic rings. The normalized spacial score (nSPS) is 12.6. The number of nitrogens with zero attached hydrogens (tertiary/aromatic N) is 1. The Labute approximate surface area is 93.5 Å². The van der Waals surface area contributed by atoms with E-state index in [-0.39, 0.29) is 24.8 Å². The van der Waals surface area contributed by atoms with E-state index in [9.17, 15) is 8.78 Å². The predicted octanol–water partition coefficient (Wildman–Crippen LogP) is 1.07. The summed E-state index contributed by atoms with van der Waals surface area (Å²) in [6.07, 6.45) is 0. The molecule has 0 saturated heterocycles. The summed E-state index contributed by atoms with van der Waals surface area (Å²) in [5.41, 5.74) is 6.14. The molecule has 0 aliphatic rings. The number of halogens is 2. The van der Waals surface area contributed by atoms with Crippen LogP contribution in [0.5, 0.6) is 0 Å². The Bertz CT molecular complexity index is 365. The zero-order chi connectivity index (χ0) is 12.3. The molecule has 1 rings (SSSR count). The third-order valence-corrected chi connectivity index (χ3v) is 2.49. The fourth-order valence-corrected chi connectivity index (χ4v) is 1.64. The maximum Gasteiger partial charge on any atom is 0.182 e. The lowest BCUT2D eigenvalue weighted by Gasteiger charge is -2.22. The van der Waals surface area contributed by atoms with Crippen molar-refractivity contribution in [2.45, 2.75) is 5.92 Å². The van der Waals surface area contributed by atoms with Crippen molar-refractivity contribution >= 4 is 5.69 Å². The largest absolute Gasteiger partial charge is 0.396 e. The van der Waals surface area contributed by atoms with Crippen LogP contribution in [-0.4, -0.2) is 32.4 Å². The van der Waals surface area contributed by atoms with E-state index in [1.165, 1.54) is 11.0 Å². The highest BCUT2D eigenvalue weighted by Crippen LogP contribution is 2.30. The first-order valence-corrected chi connectivity index (χ1v) is 4.99. The number of rotatable bonds is 4. The Hall–Kier alpha value is -1.20. The van der Waals surface area contributed by atoms with Gasteiger partial charge in [-0.2, -0.15) is 0 Å². The summed E-state index contributed by atoms with van der Waals surface area (Å²) in [6.45, 7) is -0.00910. The molecule has 1 unspecified atom stereocenters. The Morgan fingerprint density at radius 2 is 2.00 bits per heavy atom. The summed E-state index contributed by atoms with van der Waals surface area (Å²) in [5.74, 6) is -2.19. The zero-order valence-electron chi connectivity index (χ0n) is 9.37. The minimum atomic E-state index is -0.908. The van der Waals surface area contributed by atoms with Crippen LogP contribution in [0.25, 0.3) is 0 Å². The highest BCUT2D eigenvalue weighted by Gasteiger charge is 2.20. The van der Waals surface area contributed by atoms with Crippen molar-refractivity contribution in [3.8, 4) is 0 Å². The van der Waals surface area contributed by atoms with Gasteiger partial charge in [-0.1, -0.05) is 6.07 Å². The van der Waals surface area contributed by atoms with Crippen LogP contribution in [0.2, 0.25) is 0 Å². The van der Waals surface area contributed by atoms with Gasteiger partial charge in [0.15, 0.2) is 11.6 Å². The second-order valence-electron chi connectivity index (χ2n) is 3.81. The summed E-state index contributed by atoms with van der Waals surface area (Å²) in [7, 11) is 3.23. The van der Waals surface area contributed by atoms with E-state index in [1.807, 2.05) is 0 Å². The van der Waals surface area contributed by atoms with Crippen LogP contribution in [0.15, 0.2) is 12.1 Å². The van der Waals surface area contributed by atoms with E-state index in [0.717, 1.165) is 6.07 Å². The first-order chi connectivity index (χ1) is 7.52. The van der Waals surface area contributed by atoms with E-state index >= 15 is 0 Å². The number of hydrogen-bond donors (Lipinski definition) is 2. The number of aliphatic hydroxyl groups excluding tert-OH is 1. The van der Waals surface area contributed by atoms with Gasteiger partial charge in [0.25, 0.3) is 0 Å². The molecule has 0 fully saturated rings. The van der Waals surface area contributed by atoms with Crippen molar-refractivity contribution in [1.29, 1.82) is 0 Å². The van der Waals surface area contributed by atoms with Crippen LogP contribution < -0.4 is 10.6 Å². The molecule has 1 aromatic carbocycles. The molecular formula is C11H16F2N2O. The number of nitrogens with two attached hydrogens (primary N) is 1. The van der Waals surface area contributed by atoms with Crippen molar-refractivity contribution in [1.82, 2.24) is 0 Å². The van der Waals surface area contributed by atoms with Crippen molar-refractivity contribution < 1.29 is 13.9 Å². The molecule has 0 radical (unpaired) electrons. The number of benzene rings is 1. The quantitative estimate of drug-likeness (QED) is 0.813. The lowest BCUT2D eigenvalue weighted by molar-refractivity contribution is 0.267. The molecule has 0 aliphatic heterocycles. The van der Waals surface area contributed by atoms with E-state index in [1.54, 1.807) is 14.1 Å². The SMILES string of the molecule is CN(C)c1c(C(CN)CO)ccc(F)c1F. The van der Waals surface area contributed by atoms with Gasteiger partial charge in [-0.15, -0.1) is 0 Å². The van der Waals surface area contributed by atoms with Crippen LogP contribution in [-0.2, 0) is 0 Å². The van der Waals surface area contributed by atoms with Gasteiger partial charge in [0.05, 0.1) is 12.3 Å². The molecule has 90 valence electrons. The number of anilines is 1. The molecule has 5 heteroatoms. The topological polar surface area (TPSA) is 49.5 Å². The average Bonchev–Trinajstić information content (AvgIpc) is 2.24. The first kappa shape index (κ1) is 12.9. The molecule has 0 aromatic heterocycles. The van der Waals surface area contributed by atoms with E-state index < -0.39 is 11.6 Å². The van der Waals surface area contributed by atoms with Gasteiger partial charge >= 0.3 is 0 Å². The summed E-state index contributed by atoms with van der Waals surface area (Å²) in [5, 5.41) is 9.13. The predicted molar refractivity (Wildman–Crippen MR) is 59.6 cm³/mol. The smallest absolute Gasteiger partial charge is 0.182 e. The fourth-order valence-electron chi connectivity index (χ4n) is 1.64. The van der Waals surface area contributed by atoms with Gasteiger partial charge in [-0.05, 0) is 11.6 Å². The van der Waals surface area contributed by atoms with Gasteiger partial charge in [0.1, 0.15) is 0 Å². The second kappa shape index (κ2) is 5.23. The number of aliphatic hydroxyl groups is 1. The standard InChI is InChI=1S/C11H16F2N2O/c1-15(2)11-8(7(5-14)6-16)3-4-9(12)10(11)13/h3-4,7,16H,5-6,14H2,1-2H3. The van der Waals surface area contributed by atoms with E-state index in [2.05, 4.69) is 0 Å². The molecule has 0 spiro atoms. The van der Waals surface area contributed by atoms with Gasteiger partial charge in [0.2, 0.25) is 0 Å². The maximum atomic E-state index is 13.6. The maximum absolute atomic E-state index is 13.6. The van der Waals surface area contributed by atoms with Crippen LogP contribution >= 0.6 is 0 Å². The molecule has 16 heavy (non-hydrogen) atoms. The highest BCUT2D eigenvalue weighted by atomic mass is 19.2. The summed E-state index contributed by atoms with van der Waals surface area (Å²) in [6, 6.07) is 2.51. The Morgan fingerprint density at radius 1 is 1.38 bits per heavy atom. The molecule has 1 atom stereocenters. The molecule has 3 nitrogen and oxygen atoms in total. The van der Waals surface area contributed by atoms with Crippen molar-refractivity contribution in [3.63, 3.8) is 0 Å². The molecule has 3 N–H and O–H groups in total. The molecular weight excluding hydrogens is 214 g/mol. The third-order valence-electron chi connectivity index (χ3n) is 2.49. The third kappa shape index (κ3) is 2.31. The van der Waals surface area contributed by atoms with Crippen LogP contribution in [0.3, 0.4) is 0 Å². The van der Waals surface area contributed by atoms with Gasteiger partial charge in [0, 0.05) is 26.6 Å². The monoisotopic (exact) mass is 230 g/mol. The lowest BCUT2D eigenvalue weighted by Crippen LogP contribution is -2.21. The lowest BCUT2D eigenvalue weighted by atomic mass is 9.97. The Morgan fingerprint density at radius 3 is 2.44 bits per heavy atom. The highest BCUT2D eigenvalue weighted by molar-refractivity contribution is 5.56. The van der Waals surface area contributed by atoms with Crippen molar-refractivity contribution in [2.75, 3.05) is 32.1 Å². The first-order valence-electron chi connectivity index (χ1n) is 4.99. The Kier molecular flexibility index (Phi) is 4.20. The minimum absolute atomic E-state index is 0.143. The molecule has 0 heterocycles.